The van der Waals surface area contributed by atoms with Gasteiger partial charge in [-0.2, -0.15) is 0 Å². The number of rotatable bonds is 3. The van der Waals surface area contributed by atoms with Gasteiger partial charge in [-0.3, -0.25) is 9.59 Å². The van der Waals surface area contributed by atoms with Gasteiger partial charge in [0.25, 0.3) is 0 Å². The van der Waals surface area contributed by atoms with Crippen LogP contribution in [0.4, 0.5) is 10.5 Å². The highest BCUT2D eigenvalue weighted by Gasteiger charge is 2.28. The number of hydrogen-bond acceptors (Lipinski definition) is 3. The van der Waals surface area contributed by atoms with Crippen molar-refractivity contribution in [3.05, 3.63) is 29.8 Å². The molecule has 0 bridgehead atoms. The van der Waals surface area contributed by atoms with Gasteiger partial charge < -0.3 is 20.2 Å². The zero-order chi connectivity index (χ0) is 17.1. The van der Waals surface area contributed by atoms with Crippen LogP contribution in [0.1, 0.15) is 18.4 Å². The van der Waals surface area contributed by atoms with Crippen LogP contribution in [0.5, 0.6) is 0 Å². The number of aliphatic carboxylic acids is 1. The van der Waals surface area contributed by atoms with Crippen LogP contribution < -0.4 is 10.2 Å². The van der Waals surface area contributed by atoms with Crippen molar-refractivity contribution in [2.24, 2.45) is 5.92 Å². The standard InChI is InChI=1S/C17H21N3O4/c21-15(20-10-7-12-3-1-2-4-14(12)20)11-18-17(24)19-8-5-13(6-9-19)16(22)23/h1-4,13H,5-11H2,(H,18,24)(H,22,23). The second-order valence-electron chi connectivity index (χ2n) is 6.18. The van der Waals surface area contributed by atoms with Crippen LogP contribution in [0.25, 0.3) is 0 Å². The van der Waals surface area contributed by atoms with Crippen molar-refractivity contribution in [1.82, 2.24) is 10.2 Å². The fourth-order valence-corrected chi connectivity index (χ4v) is 3.29. The number of anilines is 1. The summed E-state index contributed by atoms with van der Waals surface area (Å²) in [4.78, 5) is 38.7. The van der Waals surface area contributed by atoms with E-state index in [1.807, 2.05) is 24.3 Å². The van der Waals surface area contributed by atoms with Crippen molar-refractivity contribution in [1.29, 1.82) is 0 Å². The van der Waals surface area contributed by atoms with Gasteiger partial charge in [-0.25, -0.2) is 4.79 Å². The molecule has 2 heterocycles. The number of carbonyl (C=O) groups is 3. The lowest BCUT2D eigenvalue weighted by molar-refractivity contribution is -0.143. The minimum absolute atomic E-state index is 0.0496. The Bertz CT molecular complexity index is 653. The average Bonchev–Trinajstić information content (AvgIpc) is 3.03. The minimum Gasteiger partial charge on any atom is -0.481 e. The molecule has 1 aromatic rings. The summed E-state index contributed by atoms with van der Waals surface area (Å²) in [6.45, 7) is 1.40. The number of urea groups is 1. The topological polar surface area (TPSA) is 90.0 Å². The van der Waals surface area contributed by atoms with Gasteiger partial charge in [-0.1, -0.05) is 18.2 Å². The number of hydrogen-bond donors (Lipinski definition) is 2. The van der Waals surface area contributed by atoms with Crippen LogP contribution >= 0.6 is 0 Å². The van der Waals surface area contributed by atoms with E-state index < -0.39 is 5.97 Å². The molecule has 0 radical (unpaired) electrons. The molecule has 24 heavy (non-hydrogen) atoms. The molecule has 1 aromatic carbocycles. The molecule has 2 aliphatic rings. The van der Waals surface area contributed by atoms with Crippen LogP contribution in [-0.2, 0) is 16.0 Å². The van der Waals surface area contributed by atoms with E-state index >= 15 is 0 Å². The summed E-state index contributed by atoms with van der Waals surface area (Å²) in [6, 6.07) is 7.47. The number of amides is 3. The van der Waals surface area contributed by atoms with Crippen LogP contribution in [0.15, 0.2) is 24.3 Å². The Balaban J connectivity index is 1.49. The predicted molar refractivity (Wildman–Crippen MR) is 87.8 cm³/mol. The van der Waals surface area contributed by atoms with Crippen LogP contribution in [0, 0.1) is 5.92 Å². The van der Waals surface area contributed by atoms with Crippen molar-refractivity contribution in [2.75, 3.05) is 31.1 Å². The average molecular weight is 331 g/mol. The molecule has 1 fully saturated rings. The fourth-order valence-electron chi connectivity index (χ4n) is 3.29. The molecule has 0 aliphatic carbocycles. The summed E-state index contributed by atoms with van der Waals surface area (Å²) in [6.07, 6.45) is 1.74. The summed E-state index contributed by atoms with van der Waals surface area (Å²) in [7, 11) is 0. The lowest BCUT2D eigenvalue weighted by Crippen LogP contribution is -2.48. The number of fused-ring (bicyclic) bond motifs is 1. The summed E-state index contributed by atoms with van der Waals surface area (Å²) in [5.74, 6) is -1.32. The smallest absolute Gasteiger partial charge is 0.317 e. The molecule has 0 saturated carbocycles. The number of likely N-dealkylation sites (tertiary alicyclic amines) is 1. The molecule has 7 heteroatoms. The Hall–Kier alpha value is -2.57. The number of para-hydroxylation sites is 1. The Morgan fingerprint density at radius 1 is 1.12 bits per heavy atom. The number of benzene rings is 1. The molecule has 128 valence electrons. The van der Waals surface area contributed by atoms with Crippen LogP contribution in [0.2, 0.25) is 0 Å². The third-order valence-corrected chi connectivity index (χ3v) is 4.71. The quantitative estimate of drug-likeness (QED) is 0.867. The molecule has 7 nitrogen and oxygen atoms in total. The van der Waals surface area contributed by atoms with E-state index in [-0.39, 0.29) is 24.4 Å². The maximum absolute atomic E-state index is 12.4. The molecule has 2 aliphatic heterocycles. The van der Waals surface area contributed by atoms with E-state index in [9.17, 15) is 14.4 Å². The van der Waals surface area contributed by atoms with Crippen molar-refractivity contribution in [3.63, 3.8) is 0 Å². The van der Waals surface area contributed by atoms with Gasteiger partial charge in [-0.05, 0) is 30.9 Å². The van der Waals surface area contributed by atoms with E-state index in [0.717, 1.165) is 17.7 Å². The summed E-state index contributed by atoms with van der Waals surface area (Å²) >= 11 is 0. The van der Waals surface area contributed by atoms with E-state index in [0.29, 0.717) is 32.5 Å². The highest BCUT2D eigenvalue weighted by Crippen LogP contribution is 2.27. The molecule has 0 spiro atoms. The largest absolute Gasteiger partial charge is 0.481 e. The molecule has 3 rings (SSSR count). The molecule has 2 N–H and O–H groups in total. The zero-order valence-corrected chi connectivity index (χ0v) is 13.4. The first kappa shape index (κ1) is 16.3. The number of nitrogens with zero attached hydrogens (tertiary/aromatic N) is 2. The first-order valence-corrected chi connectivity index (χ1v) is 8.20. The van der Waals surface area contributed by atoms with Crippen molar-refractivity contribution < 1.29 is 19.5 Å². The maximum atomic E-state index is 12.4. The van der Waals surface area contributed by atoms with Gasteiger partial charge in [0.05, 0.1) is 12.5 Å². The Morgan fingerprint density at radius 2 is 1.83 bits per heavy atom. The Morgan fingerprint density at radius 3 is 2.54 bits per heavy atom. The number of piperidine rings is 1. The third kappa shape index (κ3) is 3.34. The summed E-state index contributed by atoms with van der Waals surface area (Å²) < 4.78 is 0. The van der Waals surface area contributed by atoms with Crippen LogP contribution in [-0.4, -0.2) is 54.1 Å². The normalized spacial score (nSPS) is 17.5. The van der Waals surface area contributed by atoms with E-state index in [2.05, 4.69) is 5.32 Å². The second kappa shape index (κ2) is 6.90. The minimum atomic E-state index is -0.807. The van der Waals surface area contributed by atoms with Gasteiger partial charge in [0.2, 0.25) is 5.91 Å². The lowest BCUT2D eigenvalue weighted by Gasteiger charge is -2.30. The molecular weight excluding hydrogens is 310 g/mol. The number of carbonyl (C=O) groups excluding carboxylic acids is 2. The summed E-state index contributed by atoms with van der Waals surface area (Å²) in [5.41, 5.74) is 2.06. The monoisotopic (exact) mass is 331 g/mol. The molecule has 0 atom stereocenters. The fraction of sp³-hybridized carbons (Fsp3) is 0.471. The number of carboxylic acid groups (broad SMARTS) is 1. The number of nitrogens with one attached hydrogen (secondary N) is 1. The molecule has 0 aromatic heterocycles. The Kier molecular flexibility index (Phi) is 4.69. The molecule has 1 saturated heterocycles. The van der Waals surface area contributed by atoms with Crippen molar-refractivity contribution in [2.45, 2.75) is 19.3 Å². The first-order valence-electron chi connectivity index (χ1n) is 8.20. The lowest BCUT2D eigenvalue weighted by atomic mass is 9.97. The van der Waals surface area contributed by atoms with Gasteiger partial charge in [0.15, 0.2) is 0 Å². The van der Waals surface area contributed by atoms with E-state index in [1.54, 1.807) is 9.80 Å². The van der Waals surface area contributed by atoms with Gasteiger partial charge in [-0.15, -0.1) is 0 Å². The Labute approximate surface area is 140 Å². The van der Waals surface area contributed by atoms with Gasteiger partial charge >= 0.3 is 12.0 Å². The predicted octanol–water partition coefficient (Wildman–Crippen LogP) is 1.08. The SMILES string of the molecule is O=C(O)C1CCN(C(=O)NCC(=O)N2CCc3ccccc32)CC1. The van der Waals surface area contributed by atoms with E-state index in [1.165, 1.54) is 0 Å². The third-order valence-electron chi connectivity index (χ3n) is 4.71. The van der Waals surface area contributed by atoms with Gasteiger partial charge in [0, 0.05) is 25.3 Å². The maximum Gasteiger partial charge on any atom is 0.317 e. The molecule has 3 amide bonds. The second-order valence-corrected chi connectivity index (χ2v) is 6.18. The highest BCUT2D eigenvalue weighted by molar-refractivity contribution is 5.98. The van der Waals surface area contributed by atoms with Crippen molar-refractivity contribution >= 4 is 23.6 Å². The summed E-state index contributed by atoms with van der Waals surface area (Å²) in [5, 5.41) is 11.6. The highest BCUT2D eigenvalue weighted by atomic mass is 16.4. The first-order chi connectivity index (χ1) is 11.6. The van der Waals surface area contributed by atoms with E-state index in [4.69, 9.17) is 5.11 Å². The molecule has 0 unspecified atom stereocenters. The molecular formula is C17H21N3O4. The van der Waals surface area contributed by atoms with Gasteiger partial charge in [0.1, 0.15) is 0 Å². The van der Waals surface area contributed by atoms with Crippen molar-refractivity contribution in [3.8, 4) is 0 Å². The zero-order valence-electron chi connectivity index (χ0n) is 13.4. The van der Waals surface area contributed by atoms with Crippen LogP contribution in [0.3, 0.4) is 0 Å². The number of carboxylic acids is 1.